The van der Waals surface area contributed by atoms with Crippen molar-refractivity contribution in [2.75, 3.05) is 26.6 Å². The molecule has 26 heavy (non-hydrogen) atoms. The van der Waals surface area contributed by atoms with Crippen LogP contribution in [-0.2, 0) is 4.79 Å². The number of benzene rings is 2. The molecule has 0 saturated carbocycles. The van der Waals surface area contributed by atoms with Gasteiger partial charge in [-0.05, 0) is 35.9 Å². The van der Waals surface area contributed by atoms with E-state index in [-0.39, 0.29) is 11.3 Å². The Labute approximate surface area is 150 Å². The lowest BCUT2D eigenvalue weighted by atomic mass is 10.1. The smallest absolute Gasteiger partial charge is 0.266 e. The molecule has 7 heteroatoms. The molecule has 1 amide bonds. The molecule has 0 spiro atoms. The fourth-order valence-electron chi connectivity index (χ4n) is 2.25. The first-order valence-electron chi connectivity index (χ1n) is 7.51. The van der Waals surface area contributed by atoms with Crippen LogP contribution in [0.2, 0.25) is 0 Å². The van der Waals surface area contributed by atoms with Gasteiger partial charge in [-0.2, -0.15) is 5.26 Å². The second-order valence-corrected chi connectivity index (χ2v) is 5.06. The van der Waals surface area contributed by atoms with Crippen molar-refractivity contribution in [3.8, 4) is 23.3 Å². The van der Waals surface area contributed by atoms with Crippen molar-refractivity contribution in [2.45, 2.75) is 0 Å². The van der Waals surface area contributed by atoms with Crippen LogP contribution < -0.4 is 19.5 Å². The molecule has 0 fully saturated rings. The zero-order valence-corrected chi connectivity index (χ0v) is 14.5. The summed E-state index contributed by atoms with van der Waals surface area (Å²) in [7, 11) is 4.39. The molecule has 1 N–H and O–H groups in total. The Balaban J connectivity index is 2.38. The highest BCUT2D eigenvalue weighted by Gasteiger charge is 2.15. The van der Waals surface area contributed by atoms with Gasteiger partial charge in [-0.3, -0.25) is 4.79 Å². The molecule has 0 atom stereocenters. The van der Waals surface area contributed by atoms with Crippen LogP contribution in [0.4, 0.5) is 10.1 Å². The zero-order valence-electron chi connectivity index (χ0n) is 14.5. The summed E-state index contributed by atoms with van der Waals surface area (Å²) >= 11 is 0. The van der Waals surface area contributed by atoms with Crippen LogP contribution in [0.5, 0.6) is 17.2 Å². The minimum absolute atomic E-state index is 0.0106. The number of para-hydroxylation sites is 1. The van der Waals surface area contributed by atoms with Crippen LogP contribution in [-0.4, -0.2) is 27.2 Å². The Hall–Kier alpha value is -3.53. The van der Waals surface area contributed by atoms with Crippen molar-refractivity contribution in [2.24, 2.45) is 0 Å². The number of nitrogens with one attached hydrogen (secondary N) is 1. The van der Waals surface area contributed by atoms with Gasteiger partial charge >= 0.3 is 0 Å². The molecule has 0 saturated heterocycles. The fourth-order valence-corrected chi connectivity index (χ4v) is 2.25. The summed E-state index contributed by atoms with van der Waals surface area (Å²) in [4.78, 5) is 12.3. The third-order valence-electron chi connectivity index (χ3n) is 3.49. The van der Waals surface area contributed by atoms with Gasteiger partial charge in [0.25, 0.3) is 5.91 Å². The van der Waals surface area contributed by atoms with Crippen molar-refractivity contribution in [3.05, 3.63) is 53.4 Å². The summed E-state index contributed by atoms with van der Waals surface area (Å²) < 4.78 is 29.4. The van der Waals surface area contributed by atoms with E-state index in [1.807, 2.05) is 6.07 Å². The van der Waals surface area contributed by atoms with E-state index in [0.717, 1.165) is 0 Å². The number of halogens is 1. The maximum Gasteiger partial charge on any atom is 0.266 e. The van der Waals surface area contributed by atoms with Crippen molar-refractivity contribution < 1.29 is 23.4 Å². The van der Waals surface area contributed by atoms with Crippen molar-refractivity contribution in [1.82, 2.24) is 0 Å². The van der Waals surface area contributed by atoms with Crippen LogP contribution >= 0.6 is 0 Å². The minimum Gasteiger partial charge on any atom is -0.493 e. The van der Waals surface area contributed by atoms with E-state index in [1.165, 1.54) is 45.6 Å². The molecule has 0 aliphatic heterocycles. The van der Waals surface area contributed by atoms with Gasteiger partial charge in [-0.25, -0.2) is 4.39 Å². The molecule has 6 nitrogen and oxygen atoms in total. The summed E-state index contributed by atoms with van der Waals surface area (Å²) in [5.74, 6) is -0.173. The van der Waals surface area contributed by atoms with E-state index >= 15 is 0 Å². The van der Waals surface area contributed by atoms with Crippen molar-refractivity contribution >= 4 is 17.7 Å². The first-order valence-corrected chi connectivity index (χ1v) is 7.51. The fraction of sp³-hybridized carbons (Fsp3) is 0.158. The molecular formula is C19H17FN2O4. The molecule has 0 bridgehead atoms. The maximum atomic E-state index is 13.7. The lowest BCUT2D eigenvalue weighted by Gasteiger charge is -2.13. The number of nitriles is 1. The minimum atomic E-state index is -0.730. The molecule has 2 aromatic carbocycles. The quantitative estimate of drug-likeness (QED) is 0.634. The average Bonchev–Trinajstić information content (AvgIpc) is 2.66. The highest BCUT2D eigenvalue weighted by atomic mass is 19.1. The molecule has 0 aliphatic rings. The van der Waals surface area contributed by atoms with Crippen molar-refractivity contribution in [3.63, 3.8) is 0 Å². The highest BCUT2D eigenvalue weighted by Crippen LogP contribution is 2.38. The largest absolute Gasteiger partial charge is 0.493 e. The van der Waals surface area contributed by atoms with Crippen LogP contribution in [0.25, 0.3) is 6.08 Å². The number of nitrogens with zero attached hydrogens (tertiary/aromatic N) is 1. The van der Waals surface area contributed by atoms with Gasteiger partial charge in [0.05, 0.1) is 27.0 Å². The van der Waals surface area contributed by atoms with Crippen molar-refractivity contribution in [1.29, 1.82) is 5.26 Å². The molecule has 0 radical (unpaired) electrons. The second kappa shape index (κ2) is 8.53. The number of carbonyl (C=O) groups is 1. The van der Waals surface area contributed by atoms with Crippen LogP contribution in [0.15, 0.2) is 42.0 Å². The standard InChI is InChI=1S/C19H17FN2O4/c1-24-16-9-12(10-17(25-2)18(16)26-3)8-13(11-21)19(23)22-15-7-5-4-6-14(15)20/h4-10H,1-3H3,(H,22,23). The predicted molar refractivity (Wildman–Crippen MR) is 94.7 cm³/mol. The number of rotatable bonds is 6. The average molecular weight is 356 g/mol. The number of anilines is 1. The van der Waals surface area contributed by atoms with Gasteiger partial charge in [0.1, 0.15) is 17.5 Å². The lowest BCUT2D eigenvalue weighted by molar-refractivity contribution is -0.112. The number of amides is 1. The molecule has 2 aromatic rings. The topological polar surface area (TPSA) is 80.6 Å². The lowest BCUT2D eigenvalue weighted by Crippen LogP contribution is -2.14. The SMILES string of the molecule is COc1cc(C=C(C#N)C(=O)Nc2ccccc2F)cc(OC)c1OC. The molecule has 0 aliphatic carbocycles. The van der Waals surface area contributed by atoms with E-state index in [4.69, 9.17) is 14.2 Å². The first kappa shape index (κ1) is 18.8. The molecular weight excluding hydrogens is 339 g/mol. The van der Waals surface area contributed by atoms with Gasteiger partial charge < -0.3 is 19.5 Å². The Morgan fingerprint density at radius 2 is 1.73 bits per heavy atom. The third kappa shape index (κ3) is 4.11. The van der Waals surface area contributed by atoms with Gasteiger partial charge in [-0.15, -0.1) is 0 Å². The Kier molecular flexibility index (Phi) is 6.17. The van der Waals surface area contributed by atoms with E-state index in [0.29, 0.717) is 22.8 Å². The molecule has 0 unspecified atom stereocenters. The van der Waals surface area contributed by atoms with E-state index in [2.05, 4.69) is 5.32 Å². The summed E-state index contributed by atoms with van der Waals surface area (Å²) in [6, 6.07) is 10.7. The number of methoxy groups -OCH3 is 3. The van der Waals surface area contributed by atoms with Gasteiger partial charge in [0, 0.05) is 0 Å². The summed E-state index contributed by atoms with van der Waals surface area (Å²) in [6.45, 7) is 0. The first-order chi connectivity index (χ1) is 12.5. The van der Waals surface area contributed by atoms with Gasteiger partial charge in [-0.1, -0.05) is 12.1 Å². The third-order valence-corrected chi connectivity index (χ3v) is 3.49. The normalized spacial score (nSPS) is 10.7. The molecule has 0 aromatic heterocycles. The second-order valence-electron chi connectivity index (χ2n) is 5.06. The van der Waals surface area contributed by atoms with Gasteiger partial charge in [0.2, 0.25) is 5.75 Å². The number of hydrogen-bond acceptors (Lipinski definition) is 5. The van der Waals surface area contributed by atoms with Crippen LogP contribution in [0, 0.1) is 17.1 Å². The molecule has 0 heterocycles. The number of hydrogen-bond donors (Lipinski definition) is 1. The van der Waals surface area contributed by atoms with E-state index < -0.39 is 11.7 Å². The molecule has 2 rings (SSSR count). The molecule has 134 valence electrons. The van der Waals surface area contributed by atoms with Gasteiger partial charge in [0.15, 0.2) is 11.5 Å². The number of ether oxygens (including phenoxy) is 3. The maximum absolute atomic E-state index is 13.7. The zero-order chi connectivity index (χ0) is 19.1. The number of carbonyl (C=O) groups excluding carboxylic acids is 1. The highest BCUT2D eigenvalue weighted by molar-refractivity contribution is 6.09. The summed E-state index contributed by atoms with van der Waals surface area (Å²) in [5.41, 5.74) is 0.269. The van der Waals surface area contributed by atoms with E-state index in [1.54, 1.807) is 18.2 Å². The Morgan fingerprint density at radius 3 is 2.23 bits per heavy atom. The Bertz CT molecular complexity index is 862. The summed E-state index contributed by atoms with van der Waals surface area (Å²) in [5, 5.41) is 11.7. The monoisotopic (exact) mass is 356 g/mol. The summed E-state index contributed by atoms with van der Waals surface area (Å²) in [6.07, 6.45) is 1.35. The van der Waals surface area contributed by atoms with Crippen LogP contribution in [0.3, 0.4) is 0 Å². The Morgan fingerprint density at radius 1 is 1.12 bits per heavy atom. The van der Waals surface area contributed by atoms with E-state index in [9.17, 15) is 14.4 Å². The van der Waals surface area contributed by atoms with Crippen LogP contribution in [0.1, 0.15) is 5.56 Å². The predicted octanol–water partition coefficient (Wildman–Crippen LogP) is 3.40.